The van der Waals surface area contributed by atoms with Crippen LogP contribution in [0.25, 0.3) is 0 Å². The van der Waals surface area contributed by atoms with Gasteiger partial charge in [0.2, 0.25) is 0 Å². The average molecular weight is 398 g/mol. The second-order valence-corrected chi connectivity index (χ2v) is 7.71. The average Bonchev–Trinajstić information content (AvgIpc) is 3.27. The summed E-state index contributed by atoms with van der Waals surface area (Å²) in [5.41, 5.74) is 2.33. The highest BCUT2D eigenvalue weighted by Gasteiger charge is 2.23. The summed E-state index contributed by atoms with van der Waals surface area (Å²) in [7, 11) is 0. The van der Waals surface area contributed by atoms with Crippen molar-refractivity contribution in [1.29, 1.82) is 0 Å². The van der Waals surface area contributed by atoms with Crippen LogP contribution in [0.4, 0.5) is 4.79 Å². The molecular weight excluding hydrogens is 366 g/mol. The first-order valence-corrected chi connectivity index (χ1v) is 10.5. The van der Waals surface area contributed by atoms with Crippen molar-refractivity contribution in [2.45, 2.75) is 44.2 Å². The van der Waals surface area contributed by atoms with Gasteiger partial charge in [0.25, 0.3) is 0 Å². The molecule has 5 nitrogen and oxygen atoms in total. The molecule has 1 heterocycles. The summed E-state index contributed by atoms with van der Waals surface area (Å²) in [6.45, 7) is 1.73. The van der Waals surface area contributed by atoms with Gasteiger partial charge in [0.1, 0.15) is 0 Å². The summed E-state index contributed by atoms with van der Waals surface area (Å²) in [6.07, 6.45) is 2.75. The number of alkyl carbamates (subject to hydrolysis) is 1. The monoisotopic (exact) mass is 397 g/mol. The van der Waals surface area contributed by atoms with Gasteiger partial charge in [0, 0.05) is 12.5 Å². The number of carbonyl (C=O) groups excluding carboxylic acids is 1. The zero-order valence-corrected chi connectivity index (χ0v) is 16.8. The molecular formula is C24H31NO4. The van der Waals surface area contributed by atoms with Crippen molar-refractivity contribution in [2.75, 3.05) is 19.8 Å². The molecule has 29 heavy (non-hydrogen) atoms. The lowest BCUT2D eigenvalue weighted by atomic mass is 9.96. The Morgan fingerprint density at radius 3 is 2.45 bits per heavy atom. The Labute approximate surface area is 173 Å². The number of carbonyl (C=O) groups is 1. The molecule has 5 heteroatoms. The standard InChI is InChI=1S/C24H31NO4/c26-23(13-7-12-19-8-3-1-4-9-19)22(16-20-10-5-2-6-11-20)25-24(27)29-18-21-14-15-28-17-21/h1-6,8-11,21-23,26H,7,12-18H2,(H,25,27)/t21-,22-,23-/m0/s1. The molecule has 2 aromatic rings. The fourth-order valence-corrected chi connectivity index (χ4v) is 3.61. The summed E-state index contributed by atoms with van der Waals surface area (Å²) in [6, 6.07) is 19.8. The van der Waals surface area contributed by atoms with Crippen LogP contribution in [0.5, 0.6) is 0 Å². The van der Waals surface area contributed by atoms with E-state index in [1.807, 2.05) is 48.5 Å². The van der Waals surface area contributed by atoms with Gasteiger partial charge in [-0.25, -0.2) is 4.79 Å². The van der Waals surface area contributed by atoms with Gasteiger partial charge in [0.05, 0.1) is 25.4 Å². The molecule has 1 aliphatic rings. The molecule has 0 aromatic heterocycles. The van der Waals surface area contributed by atoms with Gasteiger partial charge < -0.3 is 19.9 Å². The fourth-order valence-electron chi connectivity index (χ4n) is 3.61. The van der Waals surface area contributed by atoms with Crippen molar-refractivity contribution in [3.63, 3.8) is 0 Å². The first-order valence-electron chi connectivity index (χ1n) is 10.5. The van der Waals surface area contributed by atoms with E-state index in [4.69, 9.17) is 9.47 Å². The van der Waals surface area contributed by atoms with Crippen molar-refractivity contribution in [3.8, 4) is 0 Å². The van der Waals surface area contributed by atoms with Crippen molar-refractivity contribution >= 4 is 6.09 Å². The quantitative estimate of drug-likeness (QED) is 0.641. The highest BCUT2D eigenvalue weighted by Crippen LogP contribution is 2.15. The number of benzene rings is 2. The molecule has 1 fully saturated rings. The number of ether oxygens (including phenoxy) is 2. The minimum atomic E-state index is -0.638. The van der Waals surface area contributed by atoms with E-state index in [0.717, 1.165) is 31.4 Å². The normalized spacial score (nSPS) is 18.2. The Kier molecular flexibility index (Phi) is 8.53. The highest BCUT2D eigenvalue weighted by molar-refractivity contribution is 5.67. The van der Waals surface area contributed by atoms with E-state index in [0.29, 0.717) is 26.1 Å². The van der Waals surface area contributed by atoms with Crippen LogP contribution in [-0.2, 0) is 22.3 Å². The highest BCUT2D eigenvalue weighted by atomic mass is 16.6. The number of hydrogen-bond acceptors (Lipinski definition) is 4. The number of aliphatic hydroxyl groups is 1. The van der Waals surface area contributed by atoms with Crippen molar-refractivity contribution in [3.05, 3.63) is 71.8 Å². The third-order valence-corrected chi connectivity index (χ3v) is 5.35. The van der Waals surface area contributed by atoms with Gasteiger partial charge in [-0.2, -0.15) is 0 Å². The lowest BCUT2D eigenvalue weighted by Crippen LogP contribution is -2.45. The third kappa shape index (κ3) is 7.52. The predicted octanol–water partition coefficient (Wildman–Crippen LogP) is 3.74. The molecule has 0 saturated carbocycles. The van der Waals surface area contributed by atoms with Crippen LogP contribution in [0.2, 0.25) is 0 Å². The molecule has 156 valence electrons. The first kappa shape index (κ1) is 21.3. The van der Waals surface area contributed by atoms with Crippen molar-refractivity contribution < 1.29 is 19.4 Å². The third-order valence-electron chi connectivity index (χ3n) is 5.35. The SMILES string of the molecule is O=C(N[C@@H](Cc1ccccc1)[C@@H](O)CCCc1ccccc1)OC[C@H]1CCOC1. The zero-order valence-electron chi connectivity index (χ0n) is 16.8. The molecule has 0 spiro atoms. The molecule has 0 radical (unpaired) electrons. The van der Waals surface area contributed by atoms with Crippen LogP contribution < -0.4 is 5.32 Å². The maximum absolute atomic E-state index is 12.3. The van der Waals surface area contributed by atoms with E-state index in [2.05, 4.69) is 17.4 Å². The van der Waals surface area contributed by atoms with E-state index in [1.54, 1.807) is 0 Å². The van der Waals surface area contributed by atoms with Crippen LogP contribution >= 0.6 is 0 Å². The Bertz CT molecular complexity index is 716. The molecule has 2 aromatic carbocycles. The van der Waals surface area contributed by atoms with E-state index in [-0.39, 0.29) is 12.0 Å². The maximum Gasteiger partial charge on any atom is 0.407 e. The Balaban J connectivity index is 1.51. The summed E-state index contributed by atoms with van der Waals surface area (Å²) in [5, 5.41) is 13.7. The summed E-state index contributed by atoms with van der Waals surface area (Å²) >= 11 is 0. The number of aryl methyl sites for hydroxylation is 1. The van der Waals surface area contributed by atoms with Crippen LogP contribution in [-0.4, -0.2) is 43.2 Å². The minimum Gasteiger partial charge on any atom is -0.449 e. The van der Waals surface area contributed by atoms with Gasteiger partial charge >= 0.3 is 6.09 Å². The van der Waals surface area contributed by atoms with Crippen LogP contribution in [0, 0.1) is 5.92 Å². The second kappa shape index (κ2) is 11.6. The number of nitrogens with one attached hydrogen (secondary N) is 1. The van der Waals surface area contributed by atoms with Crippen LogP contribution in [0.15, 0.2) is 60.7 Å². The molecule has 2 N–H and O–H groups in total. The molecule has 0 unspecified atom stereocenters. The molecule has 1 amide bonds. The van der Waals surface area contributed by atoms with E-state index in [1.165, 1.54) is 5.56 Å². The summed E-state index contributed by atoms with van der Waals surface area (Å²) in [4.78, 5) is 12.3. The maximum atomic E-state index is 12.3. The number of aliphatic hydroxyl groups excluding tert-OH is 1. The largest absolute Gasteiger partial charge is 0.449 e. The van der Waals surface area contributed by atoms with E-state index in [9.17, 15) is 9.90 Å². The Morgan fingerprint density at radius 1 is 1.10 bits per heavy atom. The van der Waals surface area contributed by atoms with Gasteiger partial charge in [0.15, 0.2) is 0 Å². The first-order chi connectivity index (χ1) is 14.2. The predicted molar refractivity (Wildman–Crippen MR) is 113 cm³/mol. The Hall–Kier alpha value is -2.37. The van der Waals surface area contributed by atoms with Gasteiger partial charge in [-0.3, -0.25) is 0 Å². The molecule has 3 rings (SSSR count). The summed E-state index contributed by atoms with van der Waals surface area (Å²) < 4.78 is 10.7. The molecule has 1 aliphatic heterocycles. The van der Waals surface area contributed by atoms with Gasteiger partial charge in [-0.15, -0.1) is 0 Å². The lowest BCUT2D eigenvalue weighted by molar-refractivity contribution is 0.0882. The minimum absolute atomic E-state index is 0.268. The number of amides is 1. The van der Waals surface area contributed by atoms with Gasteiger partial charge in [-0.1, -0.05) is 60.7 Å². The topological polar surface area (TPSA) is 67.8 Å². The smallest absolute Gasteiger partial charge is 0.407 e. The number of hydrogen-bond donors (Lipinski definition) is 2. The van der Waals surface area contributed by atoms with Crippen LogP contribution in [0.1, 0.15) is 30.4 Å². The molecule has 0 aliphatic carbocycles. The lowest BCUT2D eigenvalue weighted by Gasteiger charge is -2.24. The van der Waals surface area contributed by atoms with Crippen molar-refractivity contribution in [1.82, 2.24) is 5.32 Å². The molecule has 0 bridgehead atoms. The molecule has 3 atom stereocenters. The molecule has 1 saturated heterocycles. The number of rotatable bonds is 10. The van der Waals surface area contributed by atoms with E-state index < -0.39 is 12.2 Å². The Morgan fingerprint density at radius 2 is 1.79 bits per heavy atom. The van der Waals surface area contributed by atoms with Gasteiger partial charge in [-0.05, 0) is 43.2 Å². The fraction of sp³-hybridized carbons (Fsp3) is 0.458. The van der Waals surface area contributed by atoms with Crippen LogP contribution in [0.3, 0.4) is 0 Å². The second-order valence-electron chi connectivity index (χ2n) is 7.71. The zero-order chi connectivity index (χ0) is 20.3. The van der Waals surface area contributed by atoms with E-state index >= 15 is 0 Å². The summed E-state index contributed by atoms with van der Waals surface area (Å²) in [5.74, 6) is 0.268. The van der Waals surface area contributed by atoms with Crippen molar-refractivity contribution in [2.24, 2.45) is 5.92 Å².